The van der Waals surface area contributed by atoms with E-state index in [0.717, 1.165) is 0 Å². The summed E-state index contributed by atoms with van der Waals surface area (Å²) >= 11 is 0. The third-order valence-electron chi connectivity index (χ3n) is 6.50. The Morgan fingerprint density at radius 2 is 1.30 bits per heavy atom. The third kappa shape index (κ3) is 6.34. The van der Waals surface area contributed by atoms with E-state index in [1.165, 1.54) is 0 Å². The van der Waals surface area contributed by atoms with Crippen LogP contribution in [-0.2, 0) is 29.5 Å². The van der Waals surface area contributed by atoms with Crippen LogP contribution in [0.3, 0.4) is 0 Å². The van der Waals surface area contributed by atoms with Crippen LogP contribution in [0, 0.1) is 5.92 Å². The molecular weight excluding hydrogens is 593 g/mol. The summed E-state index contributed by atoms with van der Waals surface area (Å²) in [5.41, 5.74) is -5.78. The second-order valence-corrected chi connectivity index (χ2v) is 16.0. The number of rotatable bonds is 11. The van der Waals surface area contributed by atoms with E-state index >= 15 is 0 Å². The van der Waals surface area contributed by atoms with Crippen molar-refractivity contribution in [2.24, 2.45) is 5.92 Å². The molecule has 0 aromatic carbocycles. The van der Waals surface area contributed by atoms with Crippen molar-refractivity contribution in [1.29, 1.82) is 0 Å². The summed E-state index contributed by atoms with van der Waals surface area (Å²) in [6, 6.07) is 0. The zero-order valence-corrected chi connectivity index (χ0v) is 22.4. The summed E-state index contributed by atoms with van der Waals surface area (Å²) < 4.78 is 196. The molecule has 19 heteroatoms. The fourth-order valence-electron chi connectivity index (χ4n) is 3.84. The van der Waals surface area contributed by atoms with Crippen LogP contribution in [-0.4, -0.2) is 88.5 Å². The maximum absolute atomic E-state index is 14.6. The number of hydrogen-bond acceptors (Lipinski definition) is 7. The van der Waals surface area contributed by atoms with Crippen LogP contribution >= 0.6 is 0 Å². The molecule has 1 aliphatic rings. The standard InChI is InChI=1S/C18H28F9NO6S3/c1-12(36(31,32)18(25,26)27)6-5-11-35(29,30)16(21,22)15(19,20)17(23,24)37(33,34)13(2)14-7-4-9-28(3)10-8-14/h12-14H,4-11H2,1-3H3. The molecular formula is C18H28F9NO6S3. The Kier molecular flexibility index (Phi) is 10.2. The van der Waals surface area contributed by atoms with Crippen molar-refractivity contribution in [3.05, 3.63) is 0 Å². The molecule has 1 heterocycles. The highest BCUT2D eigenvalue weighted by Gasteiger charge is 2.81. The quantitative estimate of drug-likeness (QED) is 0.323. The Hall–Kier alpha value is -0.820. The average Bonchev–Trinajstić information content (AvgIpc) is 2.95. The summed E-state index contributed by atoms with van der Waals surface area (Å²) in [5.74, 6) is -10.2. The van der Waals surface area contributed by atoms with E-state index in [4.69, 9.17) is 0 Å². The molecule has 37 heavy (non-hydrogen) atoms. The topological polar surface area (TPSA) is 106 Å². The lowest BCUT2D eigenvalue weighted by Gasteiger charge is -2.34. The smallest absolute Gasteiger partial charge is 0.306 e. The maximum atomic E-state index is 14.6. The number of likely N-dealkylation sites (tertiary alicyclic amines) is 1. The Morgan fingerprint density at radius 1 is 0.784 bits per heavy atom. The lowest BCUT2D eigenvalue weighted by molar-refractivity contribution is -0.244. The Labute approximate surface area is 209 Å². The first-order valence-electron chi connectivity index (χ1n) is 10.9. The van der Waals surface area contributed by atoms with Crippen molar-refractivity contribution in [2.75, 3.05) is 25.9 Å². The lowest BCUT2D eigenvalue weighted by atomic mass is 9.97. The van der Waals surface area contributed by atoms with E-state index in [2.05, 4.69) is 0 Å². The van der Waals surface area contributed by atoms with Gasteiger partial charge in [-0.05, 0) is 72.0 Å². The van der Waals surface area contributed by atoms with Crippen molar-refractivity contribution in [3.63, 3.8) is 0 Å². The first kappa shape index (κ1) is 34.2. The van der Waals surface area contributed by atoms with E-state index in [-0.39, 0.29) is 19.4 Å². The molecule has 1 aliphatic heterocycles. The Bertz CT molecular complexity index is 1120. The van der Waals surface area contributed by atoms with Gasteiger partial charge >= 0.3 is 21.9 Å². The van der Waals surface area contributed by atoms with Crippen molar-refractivity contribution in [1.82, 2.24) is 4.90 Å². The molecule has 0 radical (unpaired) electrons. The molecule has 3 atom stereocenters. The van der Waals surface area contributed by atoms with Crippen LogP contribution in [0.2, 0.25) is 0 Å². The fraction of sp³-hybridized carbons (Fsp3) is 1.00. The van der Waals surface area contributed by atoms with Gasteiger partial charge in [0.15, 0.2) is 0 Å². The molecule has 0 aromatic heterocycles. The first-order valence-corrected chi connectivity index (χ1v) is 15.6. The molecule has 3 unspecified atom stereocenters. The summed E-state index contributed by atoms with van der Waals surface area (Å²) in [4.78, 5) is 1.72. The highest BCUT2D eigenvalue weighted by Crippen LogP contribution is 2.52. The minimum atomic E-state index is -6.96. The monoisotopic (exact) mass is 621 g/mol. The van der Waals surface area contributed by atoms with Crippen molar-refractivity contribution in [2.45, 2.75) is 78.4 Å². The van der Waals surface area contributed by atoms with Gasteiger partial charge in [-0.25, -0.2) is 25.3 Å². The lowest BCUT2D eigenvalue weighted by Crippen LogP contribution is -2.62. The van der Waals surface area contributed by atoms with E-state index in [1.807, 2.05) is 0 Å². The van der Waals surface area contributed by atoms with Crippen LogP contribution in [0.1, 0.15) is 46.0 Å². The van der Waals surface area contributed by atoms with Gasteiger partial charge < -0.3 is 4.90 Å². The highest BCUT2D eigenvalue weighted by molar-refractivity contribution is 7.94. The maximum Gasteiger partial charge on any atom is 0.497 e. The van der Waals surface area contributed by atoms with Gasteiger partial charge in [-0.3, -0.25) is 0 Å². The summed E-state index contributed by atoms with van der Waals surface area (Å²) in [7, 11) is -17.2. The number of sulfone groups is 3. The molecule has 0 aromatic rings. The minimum absolute atomic E-state index is 0.0000968. The molecule has 0 spiro atoms. The minimum Gasteiger partial charge on any atom is -0.306 e. The van der Waals surface area contributed by atoms with E-state index in [1.54, 1.807) is 11.9 Å². The van der Waals surface area contributed by atoms with E-state index in [9.17, 15) is 64.8 Å². The second-order valence-electron chi connectivity index (χ2n) is 9.11. The Morgan fingerprint density at radius 3 is 1.78 bits per heavy atom. The predicted molar refractivity (Wildman–Crippen MR) is 116 cm³/mol. The van der Waals surface area contributed by atoms with Gasteiger partial charge in [-0.1, -0.05) is 0 Å². The van der Waals surface area contributed by atoms with Gasteiger partial charge in [0, 0.05) is 0 Å². The van der Waals surface area contributed by atoms with Gasteiger partial charge in [0.05, 0.1) is 16.3 Å². The van der Waals surface area contributed by atoms with Crippen LogP contribution < -0.4 is 0 Å². The zero-order chi connectivity index (χ0) is 29.5. The van der Waals surface area contributed by atoms with Gasteiger partial charge in [-0.2, -0.15) is 39.5 Å². The number of alkyl halides is 9. The normalized spacial score (nSPS) is 21.9. The zero-order valence-electron chi connectivity index (χ0n) is 19.9. The molecule has 1 rings (SSSR count). The molecule has 0 aliphatic carbocycles. The number of nitrogens with zero attached hydrogens (tertiary/aromatic N) is 1. The van der Waals surface area contributed by atoms with Crippen LogP contribution in [0.15, 0.2) is 0 Å². The van der Waals surface area contributed by atoms with E-state index < -0.39 is 86.5 Å². The van der Waals surface area contributed by atoms with Gasteiger partial charge in [0.1, 0.15) is 0 Å². The summed E-state index contributed by atoms with van der Waals surface area (Å²) in [6.45, 7) is 1.74. The van der Waals surface area contributed by atoms with Crippen molar-refractivity contribution >= 4 is 29.5 Å². The highest BCUT2D eigenvalue weighted by atomic mass is 32.2. The SMILES string of the molecule is CC(CCCS(=O)(=O)C(F)(F)C(F)(F)C(F)(F)S(=O)(=O)C(C)C1CCCN(C)CC1)S(=O)(=O)C(F)(F)F. The molecule has 7 nitrogen and oxygen atoms in total. The predicted octanol–water partition coefficient (Wildman–Crippen LogP) is 3.86. The molecule has 0 amide bonds. The summed E-state index contributed by atoms with van der Waals surface area (Å²) in [6.07, 6.45) is -2.33. The largest absolute Gasteiger partial charge is 0.497 e. The first-order chi connectivity index (χ1) is 16.3. The molecule has 1 saturated heterocycles. The number of halogens is 9. The van der Waals surface area contributed by atoms with Crippen molar-refractivity contribution in [3.8, 4) is 0 Å². The summed E-state index contributed by atoms with van der Waals surface area (Å²) in [5, 5.41) is -17.8. The van der Waals surface area contributed by atoms with Gasteiger partial charge in [0.25, 0.3) is 0 Å². The fourth-order valence-corrected chi connectivity index (χ4v) is 7.89. The van der Waals surface area contributed by atoms with Gasteiger partial charge in [-0.15, -0.1) is 0 Å². The molecule has 0 saturated carbocycles. The molecule has 0 N–H and O–H groups in total. The average molecular weight is 622 g/mol. The molecule has 0 bridgehead atoms. The third-order valence-corrected chi connectivity index (χ3v) is 12.6. The molecule has 1 fully saturated rings. The Balaban J connectivity index is 3.19. The van der Waals surface area contributed by atoms with Crippen molar-refractivity contribution < 1.29 is 64.8 Å². The number of hydrogen-bond donors (Lipinski definition) is 0. The van der Waals surface area contributed by atoms with Crippen LogP contribution in [0.25, 0.3) is 0 Å². The van der Waals surface area contributed by atoms with E-state index in [0.29, 0.717) is 26.8 Å². The van der Waals surface area contributed by atoms with Crippen LogP contribution in [0.5, 0.6) is 0 Å². The molecule has 222 valence electrons. The van der Waals surface area contributed by atoms with Crippen LogP contribution in [0.4, 0.5) is 39.5 Å². The second kappa shape index (κ2) is 11.0. The van der Waals surface area contributed by atoms with Gasteiger partial charge in [0.2, 0.25) is 29.5 Å².